The molecule has 0 unspecified atom stereocenters. The normalized spacial score (nSPS) is 17.5. The van der Waals surface area contributed by atoms with Crippen LogP contribution in [-0.4, -0.2) is 5.25 Å². The predicted molar refractivity (Wildman–Crippen MR) is 64.7 cm³/mol. The van der Waals surface area contributed by atoms with Crippen molar-refractivity contribution in [2.75, 3.05) is 0 Å². The molecule has 1 aliphatic carbocycles. The van der Waals surface area contributed by atoms with Crippen LogP contribution in [0, 0.1) is 6.92 Å². The first-order valence-electron chi connectivity index (χ1n) is 5.52. The first-order valence-corrected chi connectivity index (χ1v) is 6.56. The SMILES string of the molecule is Cc1cccc(CSC2CCCC2)c1. The van der Waals surface area contributed by atoms with E-state index in [1.807, 2.05) is 0 Å². The predicted octanol–water partition coefficient (Wildman–Crippen LogP) is 4.17. The molecule has 0 spiro atoms. The Labute approximate surface area is 91.1 Å². The Kier molecular flexibility index (Phi) is 3.52. The molecule has 1 aromatic rings. The highest BCUT2D eigenvalue weighted by atomic mass is 32.2. The Morgan fingerprint density at radius 1 is 1.29 bits per heavy atom. The van der Waals surface area contributed by atoms with Crippen LogP contribution in [0.4, 0.5) is 0 Å². The number of hydrogen-bond acceptors (Lipinski definition) is 1. The number of aryl methyl sites for hydroxylation is 1. The molecule has 0 aliphatic heterocycles. The van der Waals surface area contributed by atoms with Crippen LogP contribution in [0.5, 0.6) is 0 Å². The van der Waals surface area contributed by atoms with Crippen LogP contribution < -0.4 is 0 Å². The maximum Gasteiger partial charge on any atom is 0.0187 e. The molecule has 14 heavy (non-hydrogen) atoms. The second kappa shape index (κ2) is 4.88. The lowest BCUT2D eigenvalue weighted by Crippen LogP contribution is -1.94. The zero-order valence-electron chi connectivity index (χ0n) is 8.83. The molecule has 0 saturated heterocycles. The number of thioether (sulfide) groups is 1. The van der Waals surface area contributed by atoms with Gasteiger partial charge in [-0.25, -0.2) is 0 Å². The van der Waals surface area contributed by atoms with Gasteiger partial charge < -0.3 is 0 Å². The van der Waals surface area contributed by atoms with Gasteiger partial charge in [-0.3, -0.25) is 0 Å². The minimum atomic E-state index is 0.940. The molecule has 0 heterocycles. The highest BCUT2D eigenvalue weighted by molar-refractivity contribution is 7.99. The lowest BCUT2D eigenvalue weighted by Gasteiger charge is -2.08. The monoisotopic (exact) mass is 206 g/mol. The van der Waals surface area contributed by atoms with Gasteiger partial charge in [0.2, 0.25) is 0 Å². The Bertz CT molecular complexity index is 287. The Morgan fingerprint density at radius 2 is 2.07 bits per heavy atom. The van der Waals surface area contributed by atoms with Crippen LogP contribution in [0.15, 0.2) is 24.3 Å². The van der Waals surface area contributed by atoms with Crippen LogP contribution in [0.25, 0.3) is 0 Å². The van der Waals surface area contributed by atoms with Crippen molar-refractivity contribution in [2.45, 2.75) is 43.6 Å². The third-order valence-corrected chi connectivity index (χ3v) is 4.31. The summed E-state index contributed by atoms with van der Waals surface area (Å²) in [7, 11) is 0. The second-order valence-corrected chi connectivity index (χ2v) is 5.50. The van der Waals surface area contributed by atoms with E-state index in [9.17, 15) is 0 Å². The molecule has 1 saturated carbocycles. The van der Waals surface area contributed by atoms with E-state index in [2.05, 4.69) is 43.0 Å². The smallest absolute Gasteiger partial charge is 0.0187 e. The van der Waals surface area contributed by atoms with E-state index in [4.69, 9.17) is 0 Å². The van der Waals surface area contributed by atoms with Gasteiger partial charge in [0, 0.05) is 11.0 Å². The first kappa shape index (κ1) is 10.1. The van der Waals surface area contributed by atoms with Gasteiger partial charge >= 0.3 is 0 Å². The molecule has 1 aromatic carbocycles. The third-order valence-electron chi connectivity index (χ3n) is 2.87. The van der Waals surface area contributed by atoms with Crippen molar-refractivity contribution in [2.24, 2.45) is 0 Å². The van der Waals surface area contributed by atoms with Crippen LogP contribution in [-0.2, 0) is 5.75 Å². The summed E-state index contributed by atoms with van der Waals surface area (Å²) in [5, 5.41) is 0.940. The molecular weight excluding hydrogens is 188 g/mol. The molecule has 0 atom stereocenters. The molecule has 0 aromatic heterocycles. The largest absolute Gasteiger partial charge is 0.154 e. The van der Waals surface area contributed by atoms with Crippen molar-refractivity contribution in [1.82, 2.24) is 0 Å². The van der Waals surface area contributed by atoms with Crippen molar-refractivity contribution in [3.8, 4) is 0 Å². The van der Waals surface area contributed by atoms with E-state index in [0.29, 0.717) is 0 Å². The molecule has 76 valence electrons. The molecule has 2 rings (SSSR count). The van der Waals surface area contributed by atoms with Crippen LogP contribution >= 0.6 is 11.8 Å². The minimum Gasteiger partial charge on any atom is -0.154 e. The Balaban J connectivity index is 1.85. The average Bonchev–Trinajstić information content (AvgIpc) is 2.67. The topological polar surface area (TPSA) is 0 Å². The Morgan fingerprint density at radius 3 is 2.79 bits per heavy atom. The van der Waals surface area contributed by atoms with Gasteiger partial charge in [0.15, 0.2) is 0 Å². The summed E-state index contributed by atoms with van der Waals surface area (Å²) in [5.41, 5.74) is 2.87. The summed E-state index contributed by atoms with van der Waals surface area (Å²) >= 11 is 2.15. The van der Waals surface area contributed by atoms with Crippen molar-refractivity contribution < 1.29 is 0 Å². The van der Waals surface area contributed by atoms with Gasteiger partial charge in [-0.1, -0.05) is 42.7 Å². The van der Waals surface area contributed by atoms with Crippen molar-refractivity contribution in [3.05, 3.63) is 35.4 Å². The van der Waals surface area contributed by atoms with E-state index >= 15 is 0 Å². The molecule has 0 amide bonds. The standard InChI is InChI=1S/C13H18S/c1-11-5-4-6-12(9-11)10-14-13-7-2-3-8-13/h4-6,9,13H,2-3,7-8,10H2,1H3. The fourth-order valence-electron chi connectivity index (χ4n) is 2.07. The number of hydrogen-bond donors (Lipinski definition) is 0. The summed E-state index contributed by atoms with van der Waals surface area (Å²) in [5.74, 6) is 1.20. The Hall–Kier alpha value is -0.430. The average molecular weight is 206 g/mol. The lowest BCUT2D eigenvalue weighted by atomic mass is 10.2. The van der Waals surface area contributed by atoms with Crippen molar-refractivity contribution in [3.63, 3.8) is 0 Å². The number of benzene rings is 1. The summed E-state index contributed by atoms with van der Waals surface area (Å²) in [4.78, 5) is 0. The summed E-state index contributed by atoms with van der Waals surface area (Å²) in [6.45, 7) is 2.17. The summed E-state index contributed by atoms with van der Waals surface area (Å²) in [6, 6.07) is 8.89. The molecule has 0 bridgehead atoms. The van der Waals surface area contributed by atoms with Crippen molar-refractivity contribution >= 4 is 11.8 Å². The molecular formula is C13H18S. The molecule has 1 heteroatoms. The highest BCUT2D eigenvalue weighted by Crippen LogP contribution is 2.31. The first-order chi connectivity index (χ1) is 6.84. The minimum absolute atomic E-state index is 0.940. The second-order valence-electron chi connectivity index (χ2n) is 4.21. The maximum absolute atomic E-state index is 2.31. The van der Waals surface area contributed by atoms with E-state index in [-0.39, 0.29) is 0 Å². The summed E-state index contributed by atoms with van der Waals surface area (Å²) < 4.78 is 0. The molecule has 1 aliphatic rings. The van der Waals surface area contributed by atoms with Crippen LogP contribution in [0.3, 0.4) is 0 Å². The lowest BCUT2D eigenvalue weighted by molar-refractivity contribution is 0.886. The summed E-state index contributed by atoms with van der Waals surface area (Å²) in [6.07, 6.45) is 5.78. The van der Waals surface area contributed by atoms with Gasteiger partial charge in [0.1, 0.15) is 0 Å². The zero-order valence-corrected chi connectivity index (χ0v) is 9.65. The fraction of sp³-hybridized carbons (Fsp3) is 0.538. The van der Waals surface area contributed by atoms with Gasteiger partial charge in [0.05, 0.1) is 0 Å². The molecule has 0 radical (unpaired) electrons. The van der Waals surface area contributed by atoms with E-state index < -0.39 is 0 Å². The van der Waals surface area contributed by atoms with Crippen LogP contribution in [0.2, 0.25) is 0 Å². The van der Waals surface area contributed by atoms with E-state index in [0.717, 1.165) is 5.25 Å². The molecule has 0 nitrogen and oxygen atoms in total. The van der Waals surface area contributed by atoms with Gasteiger partial charge in [0.25, 0.3) is 0 Å². The van der Waals surface area contributed by atoms with Gasteiger partial charge in [-0.05, 0) is 25.3 Å². The van der Waals surface area contributed by atoms with E-state index in [1.165, 1.54) is 42.6 Å². The quantitative estimate of drug-likeness (QED) is 0.715. The maximum atomic E-state index is 2.31. The van der Waals surface area contributed by atoms with Crippen LogP contribution in [0.1, 0.15) is 36.8 Å². The van der Waals surface area contributed by atoms with Crippen molar-refractivity contribution in [1.29, 1.82) is 0 Å². The molecule has 1 fully saturated rings. The third kappa shape index (κ3) is 2.78. The van der Waals surface area contributed by atoms with E-state index in [1.54, 1.807) is 0 Å². The molecule has 0 N–H and O–H groups in total. The highest BCUT2D eigenvalue weighted by Gasteiger charge is 2.14. The van der Waals surface area contributed by atoms with Gasteiger partial charge in [-0.2, -0.15) is 11.8 Å². The zero-order chi connectivity index (χ0) is 9.80. The number of rotatable bonds is 3. The van der Waals surface area contributed by atoms with Gasteiger partial charge in [-0.15, -0.1) is 0 Å². The fourth-order valence-corrected chi connectivity index (χ4v) is 3.35.